The fraction of sp³-hybridized carbons (Fsp3) is 1.00. The second kappa shape index (κ2) is 7.94. The van der Waals surface area contributed by atoms with E-state index in [1.165, 1.54) is 90.5 Å². The molecule has 0 aromatic carbocycles. The largest absolute Gasteiger partial charge is 0.312 e. The van der Waals surface area contributed by atoms with Crippen LogP contribution in [0.25, 0.3) is 0 Å². The molecule has 0 radical (unpaired) electrons. The second-order valence-electron chi connectivity index (χ2n) is 7.63. The minimum atomic E-state index is 0.710. The maximum absolute atomic E-state index is 3.84. The van der Waals surface area contributed by atoms with Crippen molar-refractivity contribution in [3.05, 3.63) is 0 Å². The molecule has 0 aromatic rings. The number of nitrogens with one attached hydrogen (secondary N) is 1. The maximum atomic E-state index is 3.84. The van der Waals surface area contributed by atoms with Gasteiger partial charge in [0, 0.05) is 37.8 Å². The van der Waals surface area contributed by atoms with E-state index in [4.69, 9.17) is 0 Å². The van der Waals surface area contributed by atoms with E-state index in [0.29, 0.717) is 6.04 Å². The van der Waals surface area contributed by atoms with E-state index in [-0.39, 0.29) is 0 Å². The lowest BCUT2D eigenvalue weighted by atomic mass is 9.95. The molecule has 1 aliphatic carbocycles. The number of nitrogens with zero attached hydrogens (tertiary/aromatic N) is 2. The van der Waals surface area contributed by atoms with Gasteiger partial charge in [-0.1, -0.05) is 25.7 Å². The Morgan fingerprint density at radius 1 is 0.905 bits per heavy atom. The van der Waals surface area contributed by atoms with Gasteiger partial charge in [-0.25, -0.2) is 0 Å². The number of piperidine rings is 1. The molecule has 0 amide bonds. The van der Waals surface area contributed by atoms with Crippen molar-refractivity contribution in [2.45, 2.75) is 82.8 Å². The van der Waals surface area contributed by atoms with Crippen LogP contribution in [0.1, 0.15) is 64.7 Å². The van der Waals surface area contributed by atoms with Crippen molar-refractivity contribution < 1.29 is 0 Å². The van der Waals surface area contributed by atoms with Crippen LogP contribution in [-0.2, 0) is 0 Å². The first-order chi connectivity index (χ1) is 10.3. The average Bonchev–Trinajstić information content (AvgIpc) is 3.04. The zero-order valence-corrected chi connectivity index (χ0v) is 14.0. The molecule has 3 aliphatic rings. The van der Waals surface area contributed by atoms with E-state index in [9.17, 15) is 0 Å². The molecular weight excluding hydrogens is 258 g/mol. The molecule has 2 unspecified atom stereocenters. The summed E-state index contributed by atoms with van der Waals surface area (Å²) in [5.41, 5.74) is 0. The van der Waals surface area contributed by atoms with E-state index in [0.717, 1.165) is 12.1 Å². The molecule has 3 fully saturated rings. The first-order valence-electron chi connectivity index (χ1n) is 9.54. The summed E-state index contributed by atoms with van der Waals surface area (Å²) in [6.07, 6.45) is 12.8. The Balaban J connectivity index is 1.38. The van der Waals surface area contributed by atoms with Gasteiger partial charge in [0.15, 0.2) is 0 Å². The molecule has 1 saturated carbocycles. The number of hydrogen-bond acceptors (Lipinski definition) is 3. The number of likely N-dealkylation sites (tertiary alicyclic amines) is 2. The van der Waals surface area contributed by atoms with Crippen LogP contribution in [0.5, 0.6) is 0 Å². The molecule has 2 saturated heterocycles. The molecule has 3 nitrogen and oxygen atoms in total. The summed E-state index contributed by atoms with van der Waals surface area (Å²) in [6, 6.07) is 2.37. The summed E-state index contributed by atoms with van der Waals surface area (Å²) in [7, 11) is 0. The third-order valence-electron chi connectivity index (χ3n) is 6.03. The van der Waals surface area contributed by atoms with Crippen molar-refractivity contribution in [1.29, 1.82) is 0 Å². The van der Waals surface area contributed by atoms with Gasteiger partial charge in [-0.2, -0.15) is 0 Å². The topological polar surface area (TPSA) is 18.5 Å². The molecule has 2 atom stereocenters. The number of hydrogen-bond donors (Lipinski definition) is 1. The molecular formula is C18H35N3. The van der Waals surface area contributed by atoms with Crippen LogP contribution in [0.15, 0.2) is 0 Å². The summed E-state index contributed by atoms with van der Waals surface area (Å²) in [5, 5.41) is 3.84. The quantitative estimate of drug-likeness (QED) is 0.841. The van der Waals surface area contributed by atoms with Crippen LogP contribution in [0.3, 0.4) is 0 Å². The highest BCUT2D eigenvalue weighted by Gasteiger charge is 2.30. The predicted molar refractivity (Wildman–Crippen MR) is 89.7 cm³/mol. The van der Waals surface area contributed by atoms with Gasteiger partial charge in [-0.05, 0) is 52.1 Å². The Morgan fingerprint density at radius 3 is 2.38 bits per heavy atom. The van der Waals surface area contributed by atoms with Gasteiger partial charge >= 0.3 is 0 Å². The molecule has 122 valence electrons. The van der Waals surface area contributed by atoms with E-state index < -0.39 is 0 Å². The zero-order chi connectivity index (χ0) is 14.5. The fourth-order valence-corrected chi connectivity index (χ4v) is 4.52. The Labute approximate surface area is 131 Å². The molecule has 3 heteroatoms. The Bertz CT molecular complexity index is 295. The van der Waals surface area contributed by atoms with Crippen LogP contribution < -0.4 is 5.32 Å². The Kier molecular flexibility index (Phi) is 5.96. The lowest BCUT2D eigenvalue weighted by Gasteiger charge is -2.33. The van der Waals surface area contributed by atoms with Crippen LogP contribution in [0.4, 0.5) is 0 Å². The maximum Gasteiger partial charge on any atom is 0.0235 e. The van der Waals surface area contributed by atoms with Gasteiger partial charge in [0.25, 0.3) is 0 Å². The minimum Gasteiger partial charge on any atom is -0.312 e. The van der Waals surface area contributed by atoms with Gasteiger partial charge in [0.05, 0.1) is 0 Å². The molecule has 0 bridgehead atoms. The second-order valence-corrected chi connectivity index (χ2v) is 7.63. The van der Waals surface area contributed by atoms with E-state index in [2.05, 4.69) is 22.0 Å². The average molecular weight is 293 g/mol. The molecule has 2 heterocycles. The van der Waals surface area contributed by atoms with Crippen LogP contribution in [-0.4, -0.2) is 60.6 Å². The minimum absolute atomic E-state index is 0.710. The molecule has 21 heavy (non-hydrogen) atoms. The first-order valence-corrected chi connectivity index (χ1v) is 9.54. The van der Waals surface area contributed by atoms with Gasteiger partial charge in [-0.15, -0.1) is 0 Å². The summed E-state index contributed by atoms with van der Waals surface area (Å²) in [6.45, 7) is 8.95. The zero-order valence-electron chi connectivity index (χ0n) is 14.0. The monoisotopic (exact) mass is 293 g/mol. The number of rotatable bonds is 5. The first kappa shape index (κ1) is 15.8. The molecule has 2 aliphatic heterocycles. The summed E-state index contributed by atoms with van der Waals surface area (Å²) < 4.78 is 0. The normalized spacial score (nSPS) is 31.6. The summed E-state index contributed by atoms with van der Waals surface area (Å²) >= 11 is 0. The fourth-order valence-electron chi connectivity index (χ4n) is 4.52. The summed E-state index contributed by atoms with van der Waals surface area (Å²) in [4.78, 5) is 5.50. The van der Waals surface area contributed by atoms with Crippen molar-refractivity contribution in [3.63, 3.8) is 0 Å². The highest BCUT2D eigenvalue weighted by atomic mass is 15.3. The van der Waals surface area contributed by atoms with E-state index >= 15 is 0 Å². The van der Waals surface area contributed by atoms with Gasteiger partial charge in [0.2, 0.25) is 0 Å². The van der Waals surface area contributed by atoms with Crippen molar-refractivity contribution in [2.24, 2.45) is 0 Å². The van der Waals surface area contributed by atoms with Crippen LogP contribution in [0, 0.1) is 0 Å². The molecule has 1 N–H and O–H groups in total. The predicted octanol–water partition coefficient (Wildman–Crippen LogP) is 2.86. The highest BCUT2D eigenvalue weighted by Crippen LogP contribution is 2.22. The molecule has 0 spiro atoms. The van der Waals surface area contributed by atoms with E-state index in [1.54, 1.807) is 0 Å². The lowest BCUT2D eigenvalue weighted by Crippen LogP contribution is -2.45. The van der Waals surface area contributed by atoms with Crippen molar-refractivity contribution in [3.8, 4) is 0 Å². The van der Waals surface area contributed by atoms with Crippen LogP contribution in [0.2, 0.25) is 0 Å². The standard InChI is InChI=1S/C18H35N3/c1-16(14-19-17-8-4-2-5-9-17)21-13-10-18(15-21)20-11-6-3-7-12-20/h16-19H,2-15H2,1H3. The Morgan fingerprint density at radius 2 is 1.62 bits per heavy atom. The lowest BCUT2D eigenvalue weighted by molar-refractivity contribution is 0.152. The third kappa shape index (κ3) is 4.43. The van der Waals surface area contributed by atoms with Crippen LogP contribution >= 0.6 is 0 Å². The highest BCUT2D eigenvalue weighted by molar-refractivity contribution is 4.88. The van der Waals surface area contributed by atoms with Gasteiger partial charge in [-0.3, -0.25) is 9.80 Å². The SMILES string of the molecule is CC(CNC1CCCCC1)N1CCC(N2CCCCC2)C1. The third-order valence-corrected chi connectivity index (χ3v) is 6.03. The molecule has 0 aromatic heterocycles. The van der Waals surface area contributed by atoms with Gasteiger partial charge in [0.1, 0.15) is 0 Å². The van der Waals surface area contributed by atoms with Crippen molar-refractivity contribution in [2.75, 3.05) is 32.7 Å². The van der Waals surface area contributed by atoms with Crippen molar-refractivity contribution >= 4 is 0 Å². The van der Waals surface area contributed by atoms with E-state index in [1.807, 2.05) is 0 Å². The van der Waals surface area contributed by atoms with Crippen molar-refractivity contribution in [1.82, 2.24) is 15.1 Å². The smallest absolute Gasteiger partial charge is 0.0235 e. The summed E-state index contributed by atoms with van der Waals surface area (Å²) in [5.74, 6) is 0. The molecule has 3 rings (SSSR count). The van der Waals surface area contributed by atoms with Gasteiger partial charge < -0.3 is 5.32 Å². The Hall–Kier alpha value is -0.120.